The van der Waals surface area contributed by atoms with E-state index in [1.165, 1.54) is 0 Å². The lowest BCUT2D eigenvalue weighted by molar-refractivity contribution is 0.100. The standard InChI is InChI=1S/C32H26N4O2/c1-19(37)25-27(21-11-5-3-6-12-21)29(23-15-9-17-33-23)35-31(25)32-26(20(2)38)28(22-13-7-4-8-14-22)30(36-32)24-16-10-18-34-24/h3-18,33-36H,1-2H3. The molecule has 4 aromatic heterocycles. The van der Waals surface area contributed by atoms with Crippen molar-refractivity contribution in [3.8, 4) is 56.4 Å². The maximum Gasteiger partial charge on any atom is 0.162 e. The molecular weight excluding hydrogens is 472 g/mol. The largest absolute Gasteiger partial charge is 0.360 e. The lowest BCUT2D eigenvalue weighted by atomic mass is 9.93. The van der Waals surface area contributed by atoms with Gasteiger partial charge in [0.05, 0.1) is 45.3 Å². The van der Waals surface area contributed by atoms with Crippen LogP contribution in [0.15, 0.2) is 97.3 Å². The van der Waals surface area contributed by atoms with Crippen molar-refractivity contribution in [1.82, 2.24) is 19.9 Å². The predicted octanol–water partition coefficient (Wildman–Crippen LogP) is 7.74. The summed E-state index contributed by atoms with van der Waals surface area (Å²) >= 11 is 0. The average molecular weight is 499 g/mol. The van der Waals surface area contributed by atoms with Crippen LogP contribution >= 0.6 is 0 Å². The van der Waals surface area contributed by atoms with Gasteiger partial charge in [-0.1, -0.05) is 60.7 Å². The van der Waals surface area contributed by atoms with Gasteiger partial charge in [-0.05, 0) is 49.2 Å². The van der Waals surface area contributed by atoms with Crippen molar-refractivity contribution in [3.63, 3.8) is 0 Å². The van der Waals surface area contributed by atoms with Crippen LogP contribution in [0.5, 0.6) is 0 Å². The Bertz CT molecular complexity index is 1610. The van der Waals surface area contributed by atoms with Crippen LogP contribution < -0.4 is 0 Å². The molecule has 6 rings (SSSR count). The Kier molecular flexibility index (Phi) is 5.77. The van der Waals surface area contributed by atoms with E-state index in [-0.39, 0.29) is 11.6 Å². The number of rotatable bonds is 7. The molecule has 4 N–H and O–H groups in total. The number of aromatic nitrogens is 4. The van der Waals surface area contributed by atoms with Crippen molar-refractivity contribution < 1.29 is 9.59 Å². The smallest absolute Gasteiger partial charge is 0.162 e. The van der Waals surface area contributed by atoms with Gasteiger partial charge in [-0.15, -0.1) is 0 Å². The molecule has 6 heteroatoms. The van der Waals surface area contributed by atoms with Gasteiger partial charge in [-0.2, -0.15) is 0 Å². The summed E-state index contributed by atoms with van der Waals surface area (Å²) in [5.41, 5.74) is 8.91. The second-order valence-electron chi connectivity index (χ2n) is 9.26. The first-order valence-electron chi connectivity index (χ1n) is 12.5. The minimum absolute atomic E-state index is 0.0975. The molecule has 0 amide bonds. The van der Waals surface area contributed by atoms with E-state index in [2.05, 4.69) is 19.9 Å². The fraction of sp³-hybridized carbons (Fsp3) is 0.0625. The van der Waals surface area contributed by atoms with Crippen LogP contribution in [0.2, 0.25) is 0 Å². The minimum Gasteiger partial charge on any atom is -0.360 e. The zero-order chi connectivity index (χ0) is 26.2. The predicted molar refractivity (Wildman–Crippen MR) is 151 cm³/mol. The first-order chi connectivity index (χ1) is 18.5. The van der Waals surface area contributed by atoms with Crippen LogP contribution in [0, 0.1) is 0 Å². The van der Waals surface area contributed by atoms with E-state index in [0.717, 1.165) is 45.0 Å². The Morgan fingerprint density at radius 1 is 0.500 bits per heavy atom. The Morgan fingerprint density at radius 3 is 1.21 bits per heavy atom. The third-order valence-electron chi connectivity index (χ3n) is 6.81. The van der Waals surface area contributed by atoms with Crippen LogP contribution in [-0.4, -0.2) is 31.5 Å². The van der Waals surface area contributed by atoms with E-state index in [1.807, 2.05) is 97.3 Å². The van der Waals surface area contributed by atoms with Crippen LogP contribution in [0.1, 0.15) is 34.6 Å². The maximum atomic E-state index is 13.4. The third kappa shape index (κ3) is 3.83. The Labute approximate surface area is 219 Å². The highest BCUT2D eigenvalue weighted by atomic mass is 16.1. The number of hydrogen-bond acceptors (Lipinski definition) is 2. The van der Waals surface area contributed by atoms with E-state index >= 15 is 0 Å². The topological polar surface area (TPSA) is 97.3 Å². The highest BCUT2D eigenvalue weighted by Gasteiger charge is 2.30. The molecule has 0 aliphatic rings. The number of carbonyl (C=O) groups excluding carboxylic acids is 2. The Morgan fingerprint density at radius 2 is 0.895 bits per heavy atom. The number of ketones is 2. The van der Waals surface area contributed by atoms with Crippen LogP contribution in [-0.2, 0) is 0 Å². The average Bonchev–Trinajstić information content (AvgIpc) is 3.73. The second-order valence-corrected chi connectivity index (χ2v) is 9.26. The number of H-pyrrole nitrogens is 4. The summed E-state index contributed by atoms with van der Waals surface area (Å²) in [6, 6.07) is 27.5. The summed E-state index contributed by atoms with van der Waals surface area (Å²) in [6.45, 7) is 3.13. The summed E-state index contributed by atoms with van der Waals surface area (Å²) in [7, 11) is 0. The molecule has 2 aromatic carbocycles. The molecule has 38 heavy (non-hydrogen) atoms. The zero-order valence-electron chi connectivity index (χ0n) is 21.1. The van der Waals surface area contributed by atoms with E-state index < -0.39 is 0 Å². The van der Waals surface area contributed by atoms with E-state index in [1.54, 1.807) is 13.8 Å². The van der Waals surface area contributed by atoms with Crippen molar-refractivity contribution in [3.05, 3.63) is 108 Å². The summed E-state index contributed by atoms with van der Waals surface area (Å²) in [4.78, 5) is 40.3. The molecule has 0 saturated carbocycles. The summed E-state index contributed by atoms with van der Waals surface area (Å²) in [6.07, 6.45) is 3.70. The molecule has 0 fully saturated rings. The molecule has 186 valence electrons. The highest BCUT2D eigenvalue weighted by molar-refractivity contribution is 6.15. The molecule has 0 saturated heterocycles. The minimum atomic E-state index is -0.0975. The molecule has 0 radical (unpaired) electrons. The molecule has 0 aliphatic heterocycles. The fourth-order valence-corrected chi connectivity index (χ4v) is 5.24. The number of nitrogens with one attached hydrogen (secondary N) is 4. The normalized spacial score (nSPS) is 11.1. The fourth-order valence-electron chi connectivity index (χ4n) is 5.24. The van der Waals surface area contributed by atoms with Crippen LogP contribution in [0.25, 0.3) is 56.4 Å². The van der Waals surface area contributed by atoms with Gasteiger partial charge < -0.3 is 19.9 Å². The molecule has 0 spiro atoms. The van der Waals surface area contributed by atoms with Gasteiger partial charge in [-0.25, -0.2) is 0 Å². The SMILES string of the molecule is CC(=O)c1c(-c2[nH]c(-c3ccc[nH]3)c(-c3ccccc3)c2C(C)=O)[nH]c(-c2ccc[nH]2)c1-c1ccccc1. The maximum absolute atomic E-state index is 13.4. The van der Waals surface area contributed by atoms with Gasteiger partial charge in [0.1, 0.15) is 0 Å². The van der Waals surface area contributed by atoms with Gasteiger partial charge >= 0.3 is 0 Å². The highest BCUT2D eigenvalue weighted by Crippen LogP contribution is 2.45. The van der Waals surface area contributed by atoms with Gasteiger partial charge in [0, 0.05) is 23.5 Å². The van der Waals surface area contributed by atoms with Crippen LogP contribution in [0.3, 0.4) is 0 Å². The summed E-state index contributed by atoms with van der Waals surface area (Å²) < 4.78 is 0. The van der Waals surface area contributed by atoms with Crippen molar-refractivity contribution in [2.45, 2.75) is 13.8 Å². The van der Waals surface area contributed by atoms with Crippen molar-refractivity contribution >= 4 is 11.6 Å². The monoisotopic (exact) mass is 498 g/mol. The first-order valence-corrected chi connectivity index (χ1v) is 12.5. The zero-order valence-corrected chi connectivity index (χ0v) is 21.1. The third-order valence-corrected chi connectivity index (χ3v) is 6.81. The first kappa shape index (κ1) is 23.3. The molecule has 6 aromatic rings. The molecule has 6 nitrogen and oxygen atoms in total. The molecule has 0 unspecified atom stereocenters. The molecule has 0 atom stereocenters. The number of aromatic amines is 4. The van der Waals surface area contributed by atoms with Gasteiger partial charge in [0.15, 0.2) is 11.6 Å². The number of hydrogen-bond donors (Lipinski definition) is 4. The Hall–Kier alpha value is -5.10. The molecule has 0 bridgehead atoms. The quantitative estimate of drug-likeness (QED) is 0.169. The molecular formula is C32H26N4O2. The van der Waals surface area contributed by atoms with Gasteiger partial charge in [0.2, 0.25) is 0 Å². The number of benzene rings is 2. The lowest BCUT2D eigenvalue weighted by Crippen LogP contribution is -2.01. The van der Waals surface area contributed by atoms with E-state index in [0.29, 0.717) is 22.5 Å². The van der Waals surface area contributed by atoms with Gasteiger partial charge in [-0.3, -0.25) is 9.59 Å². The van der Waals surface area contributed by atoms with E-state index in [4.69, 9.17) is 0 Å². The van der Waals surface area contributed by atoms with Crippen molar-refractivity contribution in [1.29, 1.82) is 0 Å². The molecule has 4 heterocycles. The lowest BCUT2D eigenvalue weighted by Gasteiger charge is -2.08. The molecule has 0 aliphatic carbocycles. The van der Waals surface area contributed by atoms with Crippen molar-refractivity contribution in [2.24, 2.45) is 0 Å². The van der Waals surface area contributed by atoms with Crippen molar-refractivity contribution in [2.75, 3.05) is 0 Å². The van der Waals surface area contributed by atoms with Gasteiger partial charge in [0.25, 0.3) is 0 Å². The summed E-state index contributed by atoms with van der Waals surface area (Å²) in [5, 5.41) is 0. The second kappa shape index (κ2) is 9.41. The van der Waals surface area contributed by atoms with E-state index in [9.17, 15) is 9.59 Å². The Balaban J connectivity index is 1.73. The summed E-state index contributed by atoms with van der Waals surface area (Å²) in [5.74, 6) is -0.195. The van der Waals surface area contributed by atoms with Crippen LogP contribution in [0.4, 0.5) is 0 Å². The number of carbonyl (C=O) groups is 2. The number of Topliss-reactive ketones (excluding diaryl/α,β-unsaturated/α-hetero) is 2.